The Balaban J connectivity index is 1.92. The second-order valence-corrected chi connectivity index (χ2v) is 6.94. The minimum Gasteiger partial charge on any atom is -0.352 e. The molecule has 1 saturated carbocycles. The van der Waals surface area contributed by atoms with Gasteiger partial charge >= 0.3 is 6.03 Å². The van der Waals surface area contributed by atoms with Crippen LogP contribution in [0.25, 0.3) is 0 Å². The summed E-state index contributed by atoms with van der Waals surface area (Å²) < 4.78 is 0. The lowest BCUT2D eigenvalue weighted by Gasteiger charge is -2.36. The number of carbonyl (C=O) groups excluding carboxylic acids is 4. The molecule has 8 nitrogen and oxygen atoms in total. The van der Waals surface area contributed by atoms with Gasteiger partial charge in [-0.25, -0.2) is 4.79 Å². The number of rotatable bonds is 5. The zero-order chi connectivity index (χ0) is 17.9. The number of nitrogens with one attached hydrogen (secondary N) is 3. The summed E-state index contributed by atoms with van der Waals surface area (Å²) in [5.74, 6) is -1.13. The molecule has 2 aliphatic rings. The first-order valence-electron chi connectivity index (χ1n) is 8.46. The van der Waals surface area contributed by atoms with Crippen molar-refractivity contribution in [3.8, 4) is 0 Å². The molecular formula is C16H26N4O4. The Kier molecular flexibility index (Phi) is 5.46. The van der Waals surface area contributed by atoms with Crippen molar-refractivity contribution in [2.45, 2.75) is 58.0 Å². The fourth-order valence-electron chi connectivity index (χ4n) is 3.39. The standard InChI is InChI=1S/C16H26N4O4/c1-10(2)18-12(21)8-17-13(22)9-20-14(23)16(19-15(20)24)7-5-4-6-11(16)3/h10-11H,4-9H2,1-3H3,(H,17,22)(H,18,21)(H,19,24)/t11-,16+/m0/s1. The van der Waals surface area contributed by atoms with Gasteiger partial charge in [0.2, 0.25) is 11.8 Å². The summed E-state index contributed by atoms with van der Waals surface area (Å²) in [5.41, 5.74) is -0.870. The van der Waals surface area contributed by atoms with Crippen LogP contribution in [0, 0.1) is 5.92 Å². The van der Waals surface area contributed by atoms with Crippen molar-refractivity contribution in [3.05, 3.63) is 0 Å². The van der Waals surface area contributed by atoms with Crippen LogP contribution in [-0.4, -0.2) is 53.3 Å². The number of hydrogen-bond donors (Lipinski definition) is 3. The van der Waals surface area contributed by atoms with Gasteiger partial charge < -0.3 is 16.0 Å². The van der Waals surface area contributed by atoms with E-state index in [9.17, 15) is 19.2 Å². The van der Waals surface area contributed by atoms with Gasteiger partial charge in [-0.15, -0.1) is 0 Å². The SMILES string of the molecule is CC(C)NC(=O)CNC(=O)CN1C(=O)N[C@@]2(CCCC[C@@H]2C)C1=O. The Labute approximate surface area is 141 Å². The van der Waals surface area contributed by atoms with Gasteiger partial charge in [-0.05, 0) is 32.6 Å². The third-order valence-corrected chi connectivity index (χ3v) is 4.70. The largest absolute Gasteiger partial charge is 0.352 e. The van der Waals surface area contributed by atoms with Crippen molar-refractivity contribution in [1.82, 2.24) is 20.9 Å². The van der Waals surface area contributed by atoms with E-state index in [1.54, 1.807) is 0 Å². The third-order valence-electron chi connectivity index (χ3n) is 4.70. The second-order valence-electron chi connectivity index (χ2n) is 6.94. The molecule has 1 spiro atoms. The summed E-state index contributed by atoms with van der Waals surface area (Å²) in [7, 11) is 0. The van der Waals surface area contributed by atoms with E-state index in [4.69, 9.17) is 0 Å². The molecule has 1 heterocycles. The molecule has 3 N–H and O–H groups in total. The molecule has 0 aromatic carbocycles. The van der Waals surface area contributed by atoms with Gasteiger partial charge in [0.25, 0.3) is 5.91 Å². The maximum atomic E-state index is 12.7. The van der Waals surface area contributed by atoms with Crippen molar-refractivity contribution in [2.75, 3.05) is 13.1 Å². The summed E-state index contributed by atoms with van der Waals surface area (Å²) in [6, 6.07) is -0.552. The molecule has 134 valence electrons. The van der Waals surface area contributed by atoms with Gasteiger partial charge in [0.05, 0.1) is 6.54 Å². The minimum absolute atomic E-state index is 0.0204. The molecule has 8 heteroatoms. The van der Waals surface area contributed by atoms with Crippen LogP contribution in [0.15, 0.2) is 0 Å². The van der Waals surface area contributed by atoms with Gasteiger partial charge in [-0.1, -0.05) is 19.8 Å². The van der Waals surface area contributed by atoms with Gasteiger partial charge in [-0.3, -0.25) is 19.3 Å². The highest BCUT2D eigenvalue weighted by Gasteiger charge is 2.55. The van der Waals surface area contributed by atoms with Crippen LogP contribution in [0.1, 0.15) is 46.5 Å². The summed E-state index contributed by atoms with van der Waals surface area (Å²) in [6.07, 6.45) is 3.40. The fraction of sp³-hybridized carbons (Fsp3) is 0.750. The zero-order valence-corrected chi connectivity index (χ0v) is 14.5. The van der Waals surface area contributed by atoms with E-state index in [-0.39, 0.29) is 36.9 Å². The molecule has 0 aromatic rings. The molecule has 0 radical (unpaired) electrons. The highest BCUT2D eigenvalue weighted by atomic mass is 16.2. The summed E-state index contributed by atoms with van der Waals surface area (Å²) in [5, 5.41) is 7.88. The molecule has 0 bridgehead atoms. The molecule has 1 aliphatic carbocycles. The van der Waals surface area contributed by atoms with Crippen LogP contribution in [0.4, 0.5) is 4.79 Å². The molecule has 24 heavy (non-hydrogen) atoms. The number of hydrogen-bond acceptors (Lipinski definition) is 4. The molecule has 2 rings (SSSR count). The minimum atomic E-state index is -0.870. The first kappa shape index (κ1) is 18.2. The predicted octanol–water partition coefficient (Wildman–Crippen LogP) is 0.128. The van der Waals surface area contributed by atoms with Crippen LogP contribution < -0.4 is 16.0 Å². The van der Waals surface area contributed by atoms with E-state index >= 15 is 0 Å². The number of amides is 5. The molecule has 0 aromatic heterocycles. The average molecular weight is 338 g/mol. The number of nitrogens with zero attached hydrogens (tertiary/aromatic N) is 1. The monoisotopic (exact) mass is 338 g/mol. The molecule has 2 atom stereocenters. The Bertz CT molecular complexity index is 548. The Morgan fingerprint density at radius 1 is 1.29 bits per heavy atom. The lowest BCUT2D eigenvalue weighted by molar-refractivity contribution is -0.137. The molecule has 2 fully saturated rings. The maximum absolute atomic E-state index is 12.7. The van der Waals surface area contributed by atoms with Crippen LogP contribution in [0.5, 0.6) is 0 Å². The smallest absolute Gasteiger partial charge is 0.325 e. The van der Waals surface area contributed by atoms with Crippen molar-refractivity contribution in [3.63, 3.8) is 0 Å². The molecule has 0 unspecified atom stereocenters. The highest BCUT2D eigenvalue weighted by Crippen LogP contribution is 2.38. The first-order chi connectivity index (χ1) is 11.3. The zero-order valence-electron chi connectivity index (χ0n) is 14.5. The molecule has 1 saturated heterocycles. The van der Waals surface area contributed by atoms with Crippen LogP contribution >= 0.6 is 0 Å². The number of carbonyl (C=O) groups is 4. The first-order valence-corrected chi connectivity index (χ1v) is 8.46. The molecule has 5 amide bonds. The molecular weight excluding hydrogens is 312 g/mol. The van der Waals surface area contributed by atoms with Gasteiger partial charge in [0, 0.05) is 6.04 Å². The lowest BCUT2D eigenvalue weighted by atomic mass is 9.73. The van der Waals surface area contributed by atoms with Crippen molar-refractivity contribution >= 4 is 23.8 Å². The average Bonchev–Trinajstić information content (AvgIpc) is 2.73. The summed E-state index contributed by atoms with van der Waals surface area (Å²) in [6.45, 7) is 5.04. The fourth-order valence-corrected chi connectivity index (χ4v) is 3.39. The molecule has 1 aliphatic heterocycles. The van der Waals surface area contributed by atoms with Crippen LogP contribution in [-0.2, 0) is 14.4 Å². The third kappa shape index (κ3) is 3.68. The predicted molar refractivity (Wildman–Crippen MR) is 86.9 cm³/mol. The maximum Gasteiger partial charge on any atom is 0.325 e. The van der Waals surface area contributed by atoms with Crippen molar-refractivity contribution in [2.24, 2.45) is 5.92 Å². The number of urea groups is 1. The van der Waals surface area contributed by atoms with Crippen molar-refractivity contribution < 1.29 is 19.2 Å². The van der Waals surface area contributed by atoms with Crippen LogP contribution in [0.2, 0.25) is 0 Å². The van der Waals surface area contributed by atoms with E-state index in [1.165, 1.54) is 0 Å². The quantitative estimate of drug-likeness (QED) is 0.619. The van der Waals surface area contributed by atoms with Crippen LogP contribution in [0.3, 0.4) is 0 Å². The van der Waals surface area contributed by atoms with E-state index in [2.05, 4.69) is 16.0 Å². The van der Waals surface area contributed by atoms with E-state index in [1.807, 2.05) is 20.8 Å². The van der Waals surface area contributed by atoms with Crippen molar-refractivity contribution in [1.29, 1.82) is 0 Å². The number of imide groups is 1. The second kappa shape index (κ2) is 7.19. The topological polar surface area (TPSA) is 108 Å². The normalized spacial score (nSPS) is 26.7. The van der Waals surface area contributed by atoms with Gasteiger partial charge in [-0.2, -0.15) is 0 Å². The Morgan fingerprint density at radius 2 is 2.00 bits per heavy atom. The summed E-state index contributed by atoms with van der Waals surface area (Å²) in [4.78, 5) is 49.3. The summed E-state index contributed by atoms with van der Waals surface area (Å²) >= 11 is 0. The van der Waals surface area contributed by atoms with E-state index in [0.717, 1.165) is 24.2 Å². The van der Waals surface area contributed by atoms with Gasteiger partial charge in [0.15, 0.2) is 0 Å². The Hall–Kier alpha value is -2.12. The lowest BCUT2D eigenvalue weighted by Crippen LogP contribution is -2.54. The highest BCUT2D eigenvalue weighted by molar-refractivity contribution is 6.09. The van der Waals surface area contributed by atoms with Gasteiger partial charge in [0.1, 0.15) is 12.1 Å². The Morgan fingerprint density at radius 3 is 2.62 bits per heavy atom. The van der Waals surface area contributed by atoms with E-state index in [0.29, 0.717) is 6.42 Å². The van der Waals surface area contributed by atoms with E-state index < -0.39 is 17.5 Å².